The lowest BCUT2D eigenvalue weighted by atomic mass is 10.1. The molecule has 0 aliphatic carbocycles. The summed E-state index contributed by atoms with van der Waals surface area (Å²) in [6, 6.07) is 6.68. The van der Waals surface area contributed by atoms with Gasteiger partial charge in [-0.1, -0.05) is 12.1 Å². The molecule has 0 atom stereocenters. The first-order valence-corrected chi connectivity index (χ1v) is 9.85. The van der Waals surface area contributed by atoms with Gasteiger partial charge in [-0.2, -0.15) is 0 Å². The largest absolute Gasteiger partial charge is 0.357 e. The van der Waals surface area contributed by atoms with E-state index in [9.17, 15) is 4.39 Å². The van der Waals surface area contributed by atoms with Gasteiger partial charge in [0.15, 0.2) is 5.96 Å². The number of nitrogens with one attached hydrogen (secondary N) is 2. The van der Waals surface area contributed by atoms with Crippen molar-refractivity contribution in [2.24, 2.45) is 4.99 Å². The maximum absolute atomic E-state index is 12.9. The van der Waals surface area contributed by atoms with E-state index in [0.717, 1.165) is 44.0 Å². The topological polar surface area (TPSA) is 42.9 Å². The van der Waals surface area contributed by atoms with Gasteiger partial charge in [-0.25, -0.2) is 4.39 Å². The number of benzene rings is 1. The Labute approximate surface area is 157 Å². The Morgan fingerprint density at radius 1 is 1.08 bits per heavy atom. The van der Waals surface area contributed by atoms with Crippen LogP contribution in [0, 0.1) is 5.82 Å². The summed E-state index contributed by atoms with van der Waals surface area (Å²) in [4.78, 5) is 9.60. The zero-order chi connectivity index (χ0) is 18.6. The van der Waals surface area contributed by atoms with Crippen LogP contribution in [-0.4, -0.2) is 75.2 Å². The van der Waals surface area contributed by atoms with Gasteiger partial charge >= 0.3 is 0 Å². The minimum atomic E-state index is -0.187. The molecule has 1 aliphatic rings. The van der Waals surface area contributed by atoms with Crippen molar-refractivity contribution in [1.29, 1.82) is 0 Å². The molecule has 146 valence electrons. The third-order valence-corrected chi connectivity index (χ3v) is 4.71. The lowest BCUT2D eigenvalue weighted by Gasteiger charge is -2.32. The monoisotopic (exact) mass is 363 g/mol. The minimum absolute atomic E-state index is 0.187. The highest BCUT2D eigenvalue weighted by Gasteiger charge is 2.12. The molecule has 1 saturated heterocycles. The van der Waals surface area contributed by atoms with Crippen LogP contribution in [0.1, 0.15) is 25.3 Å². The summed E-state index contributed by atoms with van der Waals surface area (Å²) in [5.41, 5.74) is 1.13. The van der Waals surface area contributed by atoms with Gasteiger partial charge in [0.05, 0.1) is 0 Å². The second-order valence-electron chi connectivity index (χ2n) is 6.92. The molecule has 1 fully saturated rings. The normalized spacial score (nSPS) is 16.7. The van der Waals surface area contributed by atoms with Crippen LogP contribution in [0.25, 0.3) is 0 Å². The first-order chi connectivity index (χ1) is 12.7. The highest BCUT2D eigenvalue weighted by atomic mass is 19.1. The molecular weight excluding hydrogens is 329 g/mol. The van der Waals surface area contributed by atoms with Crippen LogP contribution >= 0.6 is 0 Å². The number of nitrogens with zero attached hydrogens (tertiary/aromatic N) is 3. The number of likely N-dealkylation sites (N-methyl/N-ethyl adjacent to an activating group) is 1. The summed E-state index contributed by atoms with van der Waals surface area (Å²) in [7, 11) is 2.19. The quantitative estimate of drug-likeness (QED) is 0.400. The molecule has 0 unspecified atom stereocenters. The maximum atomic E-state index is 12.9. The van der Waals surface area contributed by atoms with Crippen LogP contribution in [-0.2, 0) is 6.42 Å². The van der Waals surface area contributed by atoms with Crippen molar-refractivity contribution in [1.82, 2.24) is 20.4 Å². The van der Waals surface area contributed by atoms with Crippen LogP contribution in [0.15, 0.2) is 29.3 Å². The Bertz CT molecular complexity index is 524. The van der Waals surface area contributed by atoms with Gasteiger partial charge in [0, 0.05) is 45.8 Å². The molecular formula is C20H34FN5. The summed E-state index contributed by atoms with van der Waals surface area (Å²) >= 11 is 0. The molecule has 2 rings (SSSR count). The van der Waals surface area contributed by atoms with E-state index in [-0.39, 0.29) is 5.82 Å². The van der Waals surface area contributed by atoms with Gasteiger partial charge in [-0.3, -0.25) is 4.99 Å². The van der Waals surface area contributed by atoms with Crippen molar-refractivity contribution in [3.05, 3.63) is 35.6 Å². The molecule has 1 aromatic rings. The van der Waals surface area contributed by atoms with Gasteiger partial charge in [0.2, 0.25) is 0 Å². The van der Waals surface area contributed by atoms with Crippen LogP contribution in [0.4, 0.5) is 4.39 Å². The number of hydrogen-bond acceptors (Lipinski definition) is 3. The number of aliphatic imine (C=N–C) groups is 1. The average Bonchev–Trinajstić information content (AvgIpc) is 2.64. The molecule has 0 bridgehead atoms. The zero-order valence-corrected chi connectivity index (χ0v) is 16.3. The minimum Gasteiger partial charge on any atom is -0.357 e. The van der Waals surface area contributed by atoms with E-state index in [4.69, 9.17) is 0 Å². The van der Waals surface area contributed by atoms with Crippen LogP contribution in [0.2, 0.25) is 0 Å². The second kappa shape index (κ2) is 11.9. The summed E-state index contributed by atoms with van der Waals surface area (Å²) in [6.07, 6.45) is 3.16. The number of halogens is 1. The molecule has 1 heterocycles. The molecule has 0 radical (unpaired) electrons. The lowest BCUT2D eigenvalue weighted by Crippen LogP contribution is -2.44. The second-order valence-corrected chi connectivity index (χ2v) is 6.92. The SMILES string of the molecule is CCNC(=NCCCCN1CCN(C)CC1)NCCc1ccc(F)cc1. The Balaban J connectivity index is 1.61. The van der Waals surface area contributed by atoms with E-state index >= 15 is 0 Å². The van der Waals surface area contributed by atoms with E-state index in [1.807, 2.05) is 12.1 Å². The highest BCUT2D eigenvalue weighted by molar-refractivity contribution is 5.79. The third-order valence-electron chi connectivity index (χ3n) is 4.71. The van der Waals surface area contributed by atoms with Crippen molar-refractivity contribution in [3.63, 3.8) is 0 Å². The molecule has 0 spiro atoms. The first kappa shape index (κ1) is 20.6. The molecule has 0 amide bonds. The summed E-state index contributed by atoms with van der Waals surface area (Å²) < 4.78 is 12.9. The van der Waals surface area contributed by atoms with Crippen LogP contribution in [0.3, 0.4) is 0 Å². The fraction of sp³-hybridized carbons (Fsp3) is 0.650. The van der Waals surface area contributed by atoms with Crippen molar-refractivity contribution in [2.75, 3.05) is 59.4 Å². The molecule has 1 aromatic carbocycles. The zero-order valence-electron chi connectivity index (χ0n) is 16.3. The van der Waals surface area contributed by atoms with Gasteiger partial charge in [0.1, 0.15) is 5.82 Å². The predicted octanol–water partition coefficient (Wildman–Crippen LogP) is 1.95. The van der Waals surface area contributed by atoms with Crippen molar-refractivity contribution >= 4 is 5.96 Å². The number of guanidine groups is 1. The van der Waals surface area contributed by atoms with E-state index in [0.29, 0.717) is 0 Å². The Morgan fingerprint density at radius 3 is 2.50 bits per heavy atom. The summed E-state index contributed by atoms with van der Waals surface area (Å²) in [6.45, 7) is 10.5. The molecule has 5 nitrogen and oxygen atoms in total. The van der Waals surface area contributed by atoms with Crippen LogP contribution in [0.5, 0.6) is 0 Å². The number of unbranched alkanes of at least 4 members (excludes halogenated alkanes) is 1. The molecule has 0 saturated carbocycles. The molecule has 26 heavy (non-hydrogen) atoms. The van der Waals surface area contributed by atoms with Crippen molar-refractivity contribution in [3.8, 4) is 0 Å². The molecule has 2 N–H and O–H groups in total. The third kappa shape index (κ3) is 8.15. The fourth-order valence-corrected chi connectivity index (χ4v) is 3.03. The first-order valence-electron chi connectivity index (χ1n) is 9.85. The Hall–Kier alpha value is -1.66. The Morgan fingerprint density at radius 2 is 1.81 bits per heavy atom. The van der Waals surface area contributed by atoms with Crippen LogP contribution < -0.4 is 10.6 Å². The molecule has 1 aliphatic heterocycles. The Kier molecular flexibility index (Phi) is 9.42. The van der Waals surface area contributed by atoms with E-state index in [1.165, 1.54) is 51.3 Å². The molecule has 0 aromatic heterocycles. The van der Waals surface area contributed by atoms with Crippen molar-refractivity contribution < 1.29 is 4.39 Å². The molecule has 6 heteroatoms. The van der Waals surface area contributed by atoms with Gasteiger partial charge in [-0.15, -0.1) is 0 Å². The number of rotatable bonds is 9. The summed E-state index contributed by atoms with van der Waals surface area (Å²) in [5.74, 6) is 0.683. The smallest absolute Gasteiger partial charge is 0.191 e. The fourth-order valence-electron chi connectivity index (χ4n) is 3.03. The van der Waals surface area contributed by atoms with Crippen molar-refractivity contribution in [2.45, 2.75) is 26.2 Å². The van der Waals surface area contributed by atoms with E-state index < -0.39 is 0 Å². The summed E-state index contributed by atoms with van der Waals surface area (Å²) in [5, 5.41) is 6.64. The highest BCUT2D eigenvalue weighted by Crippen LogP contribution is 2.03. The van der Waals surface area contributed by atoms with Gasteiger partial charge < -0.3 is 20.4 Å². The van der Waals surface area contributed by atoms with Gasteiger partial charge in [-0.05, 0) is 57.5 Å². The maximum Gasteiger partial charge on any atom is 0.191 e. The standard InChI is InChI=1S/C20H34FN5/c1-3-22-20(24-12-10-18-6-8-19(21)9-7-18)23-11-4-5-13-26-16-14-25(2)15-17-26/h6-9H,3-5,10-17H2,1-2H3,(H2,22,23,24). The lowest BCUT2D eigenvalue weighted by molar-refractivity contribution is 0.152. The van der Waals surface area contributed by atoms with Gasteiger partial charge in [0.25, 0.3) is 0 Å². The van der Waals surface area contributed by atoms with E-state index in [1.54, 1.807) is 0 Å². The number of piperazine rings is 1. The number of hydrogen-bond donors (Lipinski definition) is 2. The average molecular weight is 364 g/mol. The predicted molar refractivity (Wildman–Crippen MR) is 107 cm³/mol. The van der Waals surface area contributed by atoms with E-state index in [2.05, 4.69) is 39.4 Å².